The van der Waals surface area contributed by atoms with Gasteiger partial charge in [-0.05, 0) is 61.2 Å². The molecule has 4 aromatic heterocycles. The van der Waals surface area contributed by atoms with Gasteiger partial charge in [0, 0.05) is 33.9 Å². The molecule has 0 amide bonds. The van der Waals surface area contributed by atoms with Crippen molar-refractivity contribution in [1.82, 2.24) is 19.9 Å². The maximum absolute atomic E-state index is 11.0. The predicted molar refractivity (Wildman–Crippen MR) is 149 cm³/mol. The van der Waals surface area contributed by atoms with Crippen LogP contribution in [0, 0.1) is 13.8 Å². The van der Waals surface area contributed by atoms with Gasteiger partial charge in [-0.3, -0.25) is 9.97 Å². The van der Waals surface area contributed by atoms with Gasteiger partial charge >= 0.3 is 5.97 Å². The molecule has 4 heterocycles. The zero-order valence-corrected chi connectivity index (χ0v) is 20.8. The first-order chi connectivity index (χ1) is 17.7. The van der Waals surface area contributed by atoms with Crippen molar-refractivity contribution in [3.63, 3.8) is 0 Å². The zero-order chi connectivity index (χ0) is 26.3. The summed E-state index contributed by atoms with van der Waals surface area (Å²) >= 11 is 0. The number of fused-ring (bicyclic) bond motifs is 6. The maximum Gasteiger partial charge on any atom is 0.337 e. The van der Waals surface area contributed by atoms with E-state index in [0.717, 1.165) is 44.7 Å². The fourth-order valence-electron chi connectivity index (χ4n) is 4.39. The number of rotatable bonds is 2. The van der Waals surface area contributed by atoms with Crippen LogP contribution in [0.2, 0.25) is 0 Å². The number of nitrogens with two attached hydrogens (primary N) is 2. The molecule has 0 bridgehead atoms. The molecule has 8 nitrogen and oxygen atoms in total. The number of carboxylic acids is 1. The van der Waals surface area contributed by atoms with Crippen LogP contribution in [0.25, 0.3) is 43.6 Å². The van der Waals surface area contributed by atoms with Crippen molar-refractivity contribution in [1.29, 1.82) is 0 Å². The largest absolute Gasteiger partial charge is 0.478 e. The molecule has 0 atom stereocenters. The number of carboxylic acid groups (broad SMARTS) is 1. The predicted octanol–water partition coefficient (Wildman–Crippen LogP) is 5.61. The summed E-state index contributed by atoms with van der Waals surface area (Å²) in [5, 5.41) is 12.8. The molecule has 6 aromatic rings. The summed E-state index contributed by atoms with van der Waals surface area (Å²) in [5.41, 5.74) is 18.5. The van der Waals surface area contributed by atoms with Crippen molar-refractivity contribution >= 4 is 61.2 Å². The summed E-state index contributed by atoms with van der Waals surface area (Å²) in [4.78, 5) is 28.3. The number of aromatic carboxylic acids is 1. The van der Waals surface area contributed by atoms with E-state index in [4.69, 9.17) is 16.6 Å². The summed E-state index contributed by atoms with van der Waals surface area (Å²) in [5.74, 6) is -0.194. The van der Waals surface area contributed by atoms with Crippen molar-refractivity contribution < 1.29 is 9.90 Å². The smallest absolute Gasteiger partial charge is 0.337 e. The van der Waals surface area contributed by atoms with Crippen LogP contribution in [0.3, 0.4) is 0 Å². The quantitative estimate of drug-likeness (QED) is 0.266. The second-order valence-corrected chi connectivity index (χ2v) is 9.05. The number of aromatic nitrogens is 4. The van der Waals surface area contributed by atoms with Gasteiger partial charge in [-0.1, -0.05) is 31.2 Å². The first-order valence-corrected chi connectivity index (χ1v) is 11.9. The molecule has 0 spiro atoms. The highest BCUT2D eigenvalue weighted by Crippen LogP contribution is 2.29. The molecule has 0 saturated carbocycles. The first-order valence-electron chi connectivity index (χ1n) is 11.9. The van der Waals surface area contributed by atoms with Crippen LogP contribution in [0.5, 0.6) is 0 Å². The van der Waals surface area contributed by atoms with E-state index in [1.54, 1.807) is 6.07 Å². The van der Waals surface area contributed by atoms with E-state index in [-0.39, 0.29) is 5.56 Å². The van der Waals surface area contributed by atoms with Gasteiger partial charge in [-0.15, -0.1) is 0 Å². The molecule has 0 aliphatic carbocycles. The third-order valence-corrected chi connectivity index (χ3v) is 6.34. The minimum atomic E-state index is -1.01. The van der Waals surface area contributed by atoms with Gasteiger partial charge in [0.25, 0.3) is 0 Å². The molecule has 0 radical (unpaired) electrons. The number of nitrogens with zero attached hydrogens (tertiary/aromatic N) is 4. The van der Waals surface area contributed by atoms with Crippen LogP contribution in [0.15, 0.2) is 60.9 Å². The van der Waals surface area contributed by atoms with Gasteiger partial charge in [-0.25, -0.2) is 14.8 Å². The molecule has 37 heavy (non-hydrogen) atoms. The Bertz CT molecular complexity index is 1850. The van der Waals surface area contributed by atoms with Gasteiger partial charge in [0.05, 0.1) is 16.6 Å². The van der Waals surface area contributed by atoms with Crippen LogP contribution in [0.4, 0.5) is 11.6 Å². The molecule has 6 rings (SSSR count). The van der Waals surface area contributed by atoms with Crippen molar-refractivity contribution in [2.75, 3.05) is 11.5 Å². The molecule has 0 aliphatic heterocycles. The van der Waals surface area contributed by atoms with Crippen molar-refractivity contribution in [3.05, 3.63) is 83.2 Å². The van der Waals surface area contributed by atoms with Crippen molar-refractivity contribution in [2.24, 2.45) is 0 Å². The lowest BCUT2D eigenvalue weighted by molar-refractivity contribution is 0.0696. The molecular formula is C29H26N6O2. The Hall–Kier alpha value is -4.85. The lowest BCUT2D eigenvalue weighted by atomic mass is 10.1. The lowest BCUT2D eigenvalue weighted by Crippen LogP contribution is -2.00. The SMILES string of the molecule is CCc1cnc2c(N)nc3cc(C)ccc3c2c1.Cc1ccc2c(c1)nc(N)c1ncc(C(=O)O)cc12. The minimum absolute atomic E-state index is 0.139. The summed E-state index contributed by atoms with van der Waals surface area (Å²) in [6.07, 6.45) is 4.14. The van der Waals surface area contributed by atoms with Crippen LogP contribution < -0.4 is 11.5 Å². The highest BCUT2D eigenvalue weighted by Gasteiger charge is 2.11. The average molecular weight is 491 g/mol. The van der Waals surface area contributed by atoms with Gasteiger partial charge in [0.2, 0.25) is 0 Å². The monoisotopic (exact) mass is 490 g/mol. The Kier molecular flexibility index (Phi) is 6.01. The van der Waals surface area contributed by atoms with E-state index in [1.807, 2.05) is 31.3 Å². The van der Waals surface area contributed by atoms with E-state index in [1.165, 1.54) is 17.3 Å². The molecule has 0 saturated heterocycles. The van der Waals surface area contributed by atoms with E-state index in [9.17, 15) is 4.79 Å². The number of carbonyl (C=O) groups is 1. The number of benzene rings is 2. The highest BCUT2D eigenvalue weighted by molar-refractivity contribution is 6.10. The Balaban J connectivity index is 0.000000152. The number of hydrogen-bond donors (Lipinski definition) is 3. The second kappa shape index (κ2) is 9.31. The fourth-order valence-corrected chi connectivity index (χ4v) is 4.39. The second-order valence-electron chi connectivity index (χ2n) is 9.05. The molecule has 184 valence electrons. The third-order valence-electron chi connectivity index (χ3n) is 6.34. The van der Waals surface area contributed by atoms with Crippen molar-refractivity contribution in [3.8, 4) is 0 Å². The van der Waals surface area contributed by atoms with Crippen LogP contribution in [0.1, 0.15) is 34.0 Å². The summed E-state index contributed by atoms with van der Waals surface area (Å²) in [7, 11) is 0. The standard InChI is InChI=1S/C15H15N3.C14H11N3O2/c1-3-10-7-12-11-5-4-9(2)6-13(11)18-15(16)14(12)17-8-10;1-7-2-3-9-10-5-8(14(18)19)6-16-12(10)13(15)17-11(9)4-7/h4-8H,3H2,1-2H3,(H2,16,18);2-6H,1H3,(H2,15,17)(H,18,19). The van der Waals surface area contributed by atoms with Crippen LogP contribution in [-0.2, 0) is 6.42 Å². The molecule has 5 N–H and O–H groups in total. The Morgan fingerprint density at radius 3 is 1.78 bits per heavy atom. The summed E-state index contributed by atoms with van der Waals surface area (Å²) < 4.78 is 0. The normalized spacial score (nSPS) is 11.1. The average Bonchev–Trinajstić information content (AvgIpc) is 2.88. The number of hydrogen-bond acceptors (Lipinski definition) is 7. The van der Waals surface area contributed by atoms with E-state index >= 15 is 0 Å². The van der Waals surface area contributed by atoms with E-state index in [0.29, 0.717) is 22.5 Å². The van der Waals surface area contributed by atoms with Gasteiger partial charge in [0.15, 0.2) is 11.6 Å². The molecule has 0 aliphatic rings. The highest BCUT2D eigenvalue weighted by atomic mass is 16.4. The van der Waals surface area contributed by atoms with Gasteiger partial charge in [0.1, 0.15) is 11.0 Å². The topological polar surface area (TPSA) is 141 Å². The molecule has 0 unspecified atom stereocenters. The van der Waals surface area contributed by atoms with E-state index in [2.05, 4.69) is 58.0 Å². The molecule has 2 aromatic carbocycles. The minimum Gasteiger partial charge on any atom is -0.478 e. The third kappa shape index (κ3) is 4.45. The van der Waals surface area contributed by atoms with Crippen molar-refractivity contribution in [2.45, 2.75) is 27.2 Å². The molecule has 8 heteroatoms. The van der Waals surface area contributed by atoms with Gasteiger partial charge < -0.3 is 16.6 Å². The summed E-state index contributed by atoms with van der Waals surface area (Å²) in [6, 6.07) is 15.8. The maximum atomic E-state index is 11.0. The summed E-state index contributed by atoms with van der Waals surface area (Å²) in [6.45, 7) is 6.15. The molecular weight excluding hydrogens is 464 g/mol. The van der Waals surface area contributed by atoms with Crippen LogP contribution >= 0.6 is 0 Å². The number of pyridine rings is 4. The Morgan fingerprint density at radius 1 is 0.757 bits per heavy atom. The number of nitrogen functional groups attached to an aromatic ring is 2. The van der Waals surface area contributed by atoms with E-state index < -0.39 is 5.97 Å². The first kappa shape index (κ1) is 23.9. The van der Waals surface area contributed by atoms with Gasteiger partial charge in [-0.2, -0.15) is 0 Å². The Morgan fingerprint density at radius 2 is 1.27 bits per heavy atom. The zero-order valence-electron chi connectivity index (χ0n) is 20.8. The Labute approximate surface area is 213 Å². The van der Waals surface area contributed by atoms with Crippen LogP contribution in [-0.4, -0.2) is 31.0 Å². The number of aryl methyl sites for hydroxylation is 3. The fraction of sp³-hybridized carbons (Fsp3) is 0.138. The molecule has 0 fully saturated rings. The number of anilines is 2. The lowest BCUT2D eigenvalue weighted by Gasteiger charge is -2.07.